The van der Waals surface area contributed by atoms with Crippen LogP contribution >= 0.6 is 0 Å². The normalized spacial score (nSPS) is 30.8. The van der Waals surface area contributed by atoms with E-state index in [2.05, 4.69) is 13.8 Å². The van der Waals surface area contributed by atoms with Gasteiger partial charge in [-0.05, 0) is 32.6 Å². The maximum atomic E-state index is 11.7. The fourth-order valence-corrected chi connectivity index (χ4v) is 1.61. The van der Waals surface area contributed by atoms with Gasteiger partial charge < -0.3 is 9.64 Å². The van der Waals surface area contributed by atoms with E-state index in [0.717, 1.165) is 13.1 Å². The molecule has 1 aliphatic rings. The minimum atomic E-state index is -0.383. The van der Waals surface area contributed by atoms with E-state index < -0.39 is 0 Å². The number of ether oxygens (including phenoxy) is 1. The Morgan fingerprint density at radius 3 is 2.14 bits per heavy atom. The molecule has 0 N–H and O–H groups in total. The number of amides is 1. The minimum absolute atomic E-state index is 0. The summed E-state index contributed by atoms with van der Waals surface area (Å²) in [5.41, 5.74) is -0.383. The number of likely N-dealkylation sites (tertiary alicyclic amines) is 1. The Morgan fingerprint density at radius 2 is 1.79 bits per heavy atom. The van der Waals surface area contributed by atoms with Crippen LogP contribution in [-0.4, -0.2) is 29.7 Å². The van der Waals surface area contributed by atoms with Crippen molar-refractivity contribution in [3.05, 3.63) is 0 Å². The van der Waals surface area contributed by atoms with Crippen molar-refractivity contribution in [2.45, 2.75) is 40.2 Å². The molecule has 0 bridgehead atoms. The Kier molecular flexibility index (Phi) is 1.62. The van der Waals surface area contributed by atoms with Crippen LogP contribution in [0, 0.1) is 11.8 Å². The summed E-state index contributed by atoms with van der Waals surface area (Å²) in [4.78, 5) is 13.5. The standard InChI is InChI=1S/C11H21NO2.6H2/c1-8-6-12(7-9(8)2)10(13)14-11(3,4)5;;;;;;/h8-9H,6-7H2,1-5H3;6*1H/t8-,9+;;;;;;/i;5*1+1D;1+1. The first-order valence-corrected chi connectivity index (χ1v) is 5.27. The van der Waals surface area contributed by atoms with Gasteiger partial charge in [-0.2, -0.15) is 0 Å². The second kappa shape index (κ2) is 3.79. The lowest BCUT2D eigenvalue weighted by Gasteiger charge is -2.24. The van der Waals surface area contributed by atoms with Crippen molar-refractivity contribution in [2.75, 3.05) is 13.1 Å². The lowest BCUT2D eigenvalue weighted by molar-refractivity contribution is 0.0285. The Labute approximate surface area is 103 Å². The van der Waals surface area contributed by atoms with Gasteiger partial charge in [-0.3, -0.25) is 0 Å². The Hall–Kier alpha value is -0.730. The van der Waals surface area contributed by atoms with E-state index in [0.29, 0.717) is 11.8 Å². The van der Waals surface area contributed by atoms with Gasteiger partial charge >= 0.3 is 6.09 Å². The third-order valence-electron chi connectivity index (χ3n) is 2.64. The topological polar surface area (TPSA) is 29.5 Å². The monoisotopic (exact) mass is 222 g/mol. The maximum Gasteiger partial charge on any atom is 0.410 e. The van der Waals surface area contributed by atoms with E-state index in [9.17, 15) is 4.79 Å². The number of hydrogen-bond acceptors (Lipinski definition) is 2. The van der Waals surface area contributed by atoms with E-state index >= 15 is 0 Å². The van der Waals surface area contributed by atoms with Crippen molar-refractivity contribution >= 4 is 6.09 Å². The molecular formula is C11H33NO2. The van der Waals surface area contributed by atoms with Crippen molar-refractivity contribution in [1.82, 2.24) is 4.90 Å². The van der Waals surface area contributed by atoms with Crippen LogP contribution in [0.25, 0.3) is 0 Å². The highest BCUT2D eigenvalue weighted by Crippen LogP contribution is 2.23. The molecular weight excluding hydrogens is 178 g/mol. The molecule has 3 heteroatoms. The van der Waals surface area contributed by atoms with Gasteiger partial charge in [0.15, 0.2) is 0 Å². The Balaban J connectivity index is -0.0000000708. The van der Waals surface area contributed by atoms with Crippen LogP contribution in [0.5, 0.6) is 0 Å². The van der Waals surface area contributed by atoms with Gasteiger partial charge in [-0.1, -0.05) is 13.8 Å². The zero-order valence-corrected chi connectivity index (χ0v) is 9.83. The van der Waals surface area contributed by atoms with Gasteiger partial charge in [0.2, 0.25) is 0 Å². The third-order valence-corrected chi connectivity index (χ3v) is 2.64. The predicted molar refractivity (Wildman–Crippen MR) is 68.8 cm³/mol. The summed E-state index contributed by atoms with van der Waals surface area (Å²) in [6.07, 6.45) is -0.172. The van der Waals surface area contributed by atoms with Gasteiger partial charge in [0.1, 0.15) is 5.60 Å². The van der Waals surface area contributed by atoms with Crippen LogP contribution in [0.4, 0.5) is 4.79 Å². The Bertz CT molecular complexity index is 235. The van der Waals surface area contributed by atoms with Crippen molar-refractivity contribution in [1.29, 1.82) is 0 Å². The molecule has 94 valence electrons. The number of hydrogen-bond donors (Lipinski definition) is 0. The summed E-state index contributed by atoms with van der Waals surface area (Å²) in [5.74, 6) is 1.17. The second-order valence-electron chi connectivity index (χ2n) is 5.34. The molecule has 1 amide bonds. The summed E-state index contributed by atoms with van der Waals surface area (Å²) in [6.45, 7) is 11.7. The van der Waals surface area contributed by atoms with Gasteiger partial charge in [0.25, 0.3) is 0 Å². The maximum absolute atomic E-state index is 11.7. The third kappa shape index (κ3) is 2.89. The minimum Gasteiger partial charge on any atom is -0.444 e. The SMILES string of the molecule is C[C@@H]1CN(C(=O)OC(C)(C)C)C[C@@H]1C.[2HH].[2H][2H].[2H][2H].[2H][2H].[2H][2H].[2H][2H]. The molecule has 3 nitrogen and oxygen atoms in total. The van der Waals surface area contributed by atoms with E-state index in [1.54, 1.807) is 4.90 Å². The fourth-order valence-electron chi connectivity index (χ4n) is 1.61. The molecule has 0 aliphatic carbocycles. The summed E-state index contributed by atoms with van der Waals surface area (Å²) in [6, 6.07) is 0. The molecule has 1 fully saturated rings. The van der Waals surface area contributed by atoms with Crippen LogP contribution in [0.2, 0.25) is 0 Å². The molecule has 1 heterocycles. The first-order chi connectivity index (χ1) is 11.3. The molecule has 1 rings (SSSR count). The lowest BCUT2D eigenvalue weighted by atomic mass is 10.0. The summed E-state index contributed by atoms with van der Waals surface area (Å²) < 4.78 is 55.3. The molecule has 14 heavy (non-hydrogen) atoms. The number of carbonyl (C=O) groups excluding carboxylic acids is 1. The van der Waals surface area contributed by atoms with Crippen molar-refractivity contribution in [2.24, 2.45) is 11.8 Å². The molecule has 0 radical (unpaired) electrons. The summed E-state index contributed by atoms with van der Waals surface area (Å²) in [5, 5.41) is 0. The molecule has 2 atom stereocenters. The highest BCUT2D eigenvalue weighted by molar-refractivity contribution is 5.68. The van der Waals surface area contributed by atoms with Crippen LogP contribution < -0.4 is 0 Å². The molecule has 0 unspecified atom stereocenters. The smallest absolute Gasteiger partial charge is 0.410 e. The van der Waals surface area contributed by atoms with Gasteiger partial charge in [-0.25, -0.2) is 4.79 Å². The molecule has 0 aromatic rings. The van der Waals surface area contributed by atoms with Crippen molar-refractivity contribution < 1.29 is 25.8 Å². The average molecular weight is 222 g/mol. The Morgan fingerprint density at radius 1 is 1.36 bits per heavy atom. The van der Waals surface area contributed by atoms with Crippen molar-refractivity contribution in [3.8, 4) is 0 Å². The van der Waals surface area contributed by atoms with E-state index in [4.69, 9.17) is 19.6 Å². The number of rotatable bonds is 0. The van der Waals surface area contributed by atoms with Crippen molar-refractivity contribution in [3.63, 3.8) is 0 Å². The molecule has 0 saturated carbocycles. The van der Waals surface area contributed by atoms with Crippen LogP contribution in [0.3, 0.4) is 0 Å². The fraction of sp³-hybridized carbons (Fsp3) is 0.909. The first kappa shape index (κ1) is 5.99. The van der Waals surface area contributed by atoms with Crippen LogP contribution in [0.1, 0.15) is 50.9 Å². The van der Waals surface area contributed by atoms with E-state index in [1.807, 2.05) is 20.8 Å². The highest BCUT2D eigenvalue weighted by atomic mass is 16.6. The molecule has 0 aromatic carbocycles. The summed E-state index contributed by atoms with van der Waals surface area (Å²) in [7, 11) is 0. The van der Waals surface area contributed by atoms with Gasteiger partial charge in [0.05, 0.1) is 0 Å². The molecule has 0 aromatic heterocycles. The largest absolute Gasteiger partial charge is 0.444 e. The quantitative estimate of drug-likeness (QED) is 0.620. The number of nitrogens with zero attached hydrogens (tertiary/aromatic N) is 1. The molecule has 0 spiro atoms. The average Bonchev–Trinajstić information content (AvgIpc) is 2.95. The lowest BCUT2D eigenvalue weighted by Crippen LogP contribution is -2.35. The van der Waals surface area contributed by atoms with E-state index in [-0.39, 0.29) is 13.1 Å². The highest BCUT2D eigenvalue weighted by Gasteiger charge is 2.31. The zero-order chi connectivity index (χ0) is 20.9. The molecule has 1 saturated heterocycles. The van der Waals surface area contributed by atoms with Crippen LogP contribution in [0.15, 0.2) is 0 Å². The van der Waals surface area contributed by atoms with Gasteiger partial charge in [0, 0.05) is 29.4 Å². The first-order valence-electron chi connectivity index (χ1n) is 10.3. The predicted octanol–water partition coefficient (Wildman–Crippen LogP) is 3.99. The van der Waals surface area contributed by atoms with E-state index in [1.165, 1.54) is 0 Å². The molecule has 1 aliphatic heterocycles. The van der Waals surface area contributed by atoms with Crippen LogP contribution in [-0.2, 0) is 4.74 Å². The van der Waals surface area contributed by atoms with Gasteiger partial charge in [-0.15, -0.1) is 0 Å². The summed E-state index contributed by atoms with van der Waals surface area (Å²) >= 11 is 0. The zero-order valence-electron chi connectivity index (χ0n) is 19.8. The number of carbonyl (C=O) groups is 1. The second-order valence-corrected chi connectivity index (χ2v) is 5.34.